The van der Waals surface area contributed by atoms with Crippen LogP contribution >= 0.6 is 11.6 Å². The fourth-order valence-corrected chi connectivity index (χ4v) is 5.33. The predicted molar refractivity (Wildman–Crippen MR) is 147 cm³/mol. The summed E-state index contributed by atoms with van der Waals surface area (Å²) in [7, 11) is 0. The molecule has 44 heavy (non-hydrogen) atoms. The van der Waals surface area contributed by atoms with E-state index in [9.17, 15) is 35.9 Å². The van der Waals surface area contributed by atoms with Gasteiger partial charge in [0.15, 0.2) is 0 Å². The molecular weight excluding hydrogens is 620 g/mol. The van der Waals surface area contributed by atoms with Gasteiger partial charge in [-0.25, -0.2) is 15.1 Å². The lowest BCUT2D eigenvalue weighted by atomic mass is 10.1. The minimum Gasteiger partial charge on any atom is -0.489 e. The summed E-state index contributed by atoms with van der Waals surface area (Å²) in [5.74, 6) is 0.355. The van der Waals surface area contributed by atoms with Crippen molar-refractivity contribution < 1.29 is 35.9 Å². The molecule has 2 aliphatic heterocycles. The van der Waals surface area contributed by atoms with Crippen LogP contribution in [0.5, 0.6) is 5.75 Å². The number of halogens is 7. The van der Waals surface area contributed by atoms with Crippen LogP contribution in [0.3, 0.4) is 0 Å². The Balaban J connectivity index is 1.23. The molecule has 17 heteroatoms. The molecule has 4 heterocycles. The number of H-pyrrole nitrogens is 1. The smallest absolute Gasteiger partial charge is 0.421 e. The van der Waals surface area contributed by atoms with E-state index in [4.69, 9.17) is 16.3 Å². The molecule has 2 fully saturated rings. The van der Waals surface area contributed by atoms with Crippen molar-refractivity contribution in [2.24, 2.45) is 0 Å². The van der Waals surface area contributed by atoms with E-state index < -0.39 is 41.2 Å². The fraction of sp³-hybridized carbons (Fsp3) is 0.444. The van der Waals surface area contributed by atoms with Gasteiger partial charge >= 0.3 is 12.4 Å². The predicted octanol–water partition coefficient (Wildman–Crippen LogP) is 4.41. The highest BCUT2D eigenvalue weighted by molar-refractivity contribution is 6.30. The van der Waals surface area contributed by atoms with Gasteiger partial charge in [0.1, 0.15) is 23.2 Å². The zero-order chi connectivity index (χ0) is 31.6. The average Bonchev–Trinajstić information content (AvgIpc) is 3.39. The normalized spacial score (nSPS) is 19.4. The van der Waals surface area contributed by atoms with Gasteiger partial charge in [0.2, 0.25) is 11.9 Å². The van der Waals surface area contributed by atoms with E-state index in [1.807, 2.05) is 5.10 Å². The van der Waals surface area contributed by atoms with Crippen molar-refractivity contribution in [1.82, 2.24) is 25.1 Å². The Morgan fingerprint density at radius 1 is 1.00 bits per heavy atom. The first-order valence-electron chi connectivity index (χ1n) is 13.6. The van der Waals surface area contributed by atoms with Gasteiger partial charge in [-0.2, -0.15) is 31.4 Å². The maximum Gasteiger partial charge on any atom is 0.421 e. The molecule has 1 amide bonds. The Kier molecular flexibility index (Phi) is 8.90. The molecule has 2 aliphatic rings. The lowest BCUT2D eigenvalue weighted by Gasteiger charge is -2.35. The van der Waals surface area contributed by atoms with Crippen molar-refractivity contribution in [3.05, 3.63) is 69.2 Å². The van der Waals surface area contributed by atoms with Gasteiger partial charge in [0.05, 0.1) is 12.1 Å². The first kappa shape index (κ1) is 31.3. The maximum absolute atomic E-state index is 13.5. The number of rotatable bonds is 7. The number of piperazine rings is 1. The quantitative estimate of drug-likeness (QED) is 0.377. The molecule has 0 aliphatic carbocycles. The summed E-state index contributed by atoms with van der Waals surface area (Å²) in [6.07, 6.45) is -7.75. The first-order valence-corrected chi connectivity index (χ1v) is 13.9. The second-order valence-electron chi connectivity index (χ2n) is 10.4. The van der Waals surface area contributed by atoms with Gasteiger partial charge in [-0.15, -0.1) is 0 Å². The van der Waals surface area contributed by atoms with Crippen LogP contribution in [0.2, 0.25) is 5.02 Å². The highest BCUT2D eigenvalue weighted by Gasteiger charge is 2.39. The summed E-state index contributed by atoms with van der Waals surface area (Å²) in [4.78, 5) is 37.4. The molecule has 3 aromatic rings. The molecule has 2 atom stereocenters. The maximum atomic E-state index is 13.5. The monoisotopic (exact) mass is 645 g/mol. The Hall–Kier alpha value is -4.08. The largest absolute Gasteiger partial charge is 0.489 e. The highest BCUT2D eigenvalue weighted by atomic mass is 35.5. The molecule has 0 radical (unpaired) electrons. The third-order valence-corrected chi connectivity index (χ3v) is 7.71. The third-order valence-electron chi connectivity index (χ3n) is 7.45. The summed E-state index contributed by atoms with van der Waals surface area (Å²) in [6.45, 7) is 1.35. The van der Waals surface area contributed by atoms with Crippen LogP contribution < -0.4 is 20.1 Å². The standard InChI is InChI=1S/C27H26ClF6N7O3/c28-17-1-4-19(5-2-17)44-20-11-18(41(15-20)22-12-21(27(32,33)34)24(43)38-37-22)3-6-23(42)39-7-9-40(10-8-39)25-35-13-16(14-36-25)26(29,30)31/h1-2,4-5,12-14,18,20H,3,6-11,15H2,(H,38,43)/t18-,20+/m1/s1. The minimum atomic E-state index is -4.89. The third kappa shape index (κ3) is 7.34. The van der Waals surface area contributed by atoms with E-state index in [0.29, 0.717) is 48.7 Å². The van der Waals surface area contributed by atoms with Crippen molar-refractivity contribution in [1.29, 1.82) is 0 Å². The molecule has 0 spiro atoms. The lowest BCUT2D eigenvalue weighted by molar-refractivity contribution is -0.139. The number of ether oxygens (including phenoxy) is 1. The number of hydrogen-bond acceptors (Lipinski definition) is 8. The summed E-state index contributed by atoms with van der Waals surface area (Å²) in [5.41, 5.74) is -3.69. The SMILES string of the molecule is O=C(CC[C@@H]1C[C@H](Oc2ccc(Cl)cc2)CN1c1cc(C(F)(F)F)c(=O)[nH]n1)N1CCN(c2ncc(C(F)(F)F)cn2)CC1. The lowest BCUT2D eigenvalue weighted by Crippen LogP contribution is -2.49. The summed E-state index contributed by atoms with van der Waals surface area (Å²) in [5, 5.41) is 6.28. The number of carbonyl (C=O) groups is 1. The zero-order valence-corrected chi connectivity index (χ0v) is 23.7. The van der Waals surface area contributed by atoms with Crippen LogP contribution in [0, 0.1) is 0 Å². The minimum absolute atomic E-state index is 0.0705. The number of hydrogen-bond donors (Lipinski definition) is 1. The summed E-state index contributed by atoms with van der Waals surface area (Å²) < 4.78 is 84.8. The van der Waals surface area contributed by atoms with E-state index in [0.717, 1.165) is 0 Å². The van der Waals surface area contributed by atoms with E-state index in [-0.39, 0.29) is 50.1 Å². The van der Waals surface area contributed by atoms with Gasteiger partial charge < -0.3 is 19.4 Å². The number of carbonyl (C=O) groups excluding carboxylic acids is 1. The first-order chi connectivity index (χ1) is 20.8. The van der Waals surface area contributed by atoms with Gasteiger partial charge in [0.25, 0.3) is 5.56 Å². The summed E-state index contributed by atoms with van der Waals surface area (Å²) in [6, 6.07) is 6.88. The van der Waals surface area contributed by atoms with E-state index >= 15 is 0 Å². The number of amides is 1. The Labute approximate surface area is 251 Å². The molecule has 5 rings (SSSR count). The number of alkyl halides is 6. The topological polar surface area (TPSA) is 108 Å². The van der Waals surface area contributed by atoms with Crippen LogP contribution in [-0.4, -0.2) is 75.8 Å². The van der Waals surface area contributed by atoms with Gasteiger partial charge in [-0.3, -0.25) is 9.59 Å². The molecule has 2 aromatic heterocycles. The number of aromatic amines is 1. The molecular formula is C27H26ClF6N7O3. The van der Waals surface area contributed by atoms with Crippen LogP contribution in [0.4, 0.5) is 38.1 Å². The van der Waals surface area contributed by atoms with E-state index in [1.54, 1.807) is 39.0 Å². The molecule has 1 N–H and O–H groups in total. The summed E-state index contributed by atoms with van der Waals surface area (Å²) >= 11 is 5.94. The van der Waals surface area contributed by atoms with Crippen LogP contribution in [-0.2, 0) is 17.1 Å². The average molecular weight is 646 g/mol. The molecule has 0 bridgehead atoms. The fourth-order valence-electron chi connectivity index (χ4n) is 5.21. The number of benzene rings is 1. The molecule has 2 saturated heterocycles. The Morgan fingerprint density at radius 2 is 1.66 bits per heavy atom. The molecule has 10 nitrogen and oxygen atoms in total. The van der Waals surface area contributed by atoms with Crippen molar-refractivity contribution >= 4 is 29.3 Å². The van der Waals surface area contributed by atoms with Gasteiger partial charge in [-0.05, 0) is 30.7 Å². The van der Waals surface area contributed by atoms with Crippen LogP contribution in [0.25, 0.3) is 0 Å². The van der Waals surface area contributed by atoms with Crippen LogP contribution in [0.15, 0.2) is 47.5 Å². The second-order valence-corrected chi connectivity index (χ2v) is 10.8. The number of nitrogens with zero attached hydrogens (tertiary/aromatic N) is 6. The number of aromatic nitrogens is 4. The van der Waals surface area contributed by atoms with Crippen molar-refractivity contribution in [2.75, 3.05) is 42.5 Å². The second kappa shape index (κ2) is 12.5. The number of anilines is 2. The van der Waals surface area contributed by atoms with Crippen LogP contribution in [0.1, 0.15) is 30.4 Å². The van der Waals surface area contributed by atoms with Crippen molar-refractivity contribution in [2.45, 2.75) is 43.8 Å². The molecule has 0 saturated carbocycles. The van der Waals surface area contributed by atoms with Crippen molar-refractivity contribution in [3.8, 4) is 5.75 Å². The highest BCUT2D eigenvalue weighted by Crippen LogP contribution is 2.33. The van der Waals surface area contributed by atoms with Gasteiger partial charge in [0, 0.05) is 68.5 Å². The van der Waals surface area contributed by atoms with Gasteiger partial charge in [-0.1, -0.05) is 11.6 Å². The zero-order valence-electron chi connectivity index (χ0n) is 22.9. The molecule has 1 aromatic carbocycles. The Bertz CT molecular complexity index is 1510. The Morgan fingerprint density at radius 3 is 2.27 bits per heavy atom. The van der Waals surface area contributed by atoms with E-state index in [1.165, 1.54) is 0 Å². The van der Waals surface area contributed by atoms with E-state index in [2.05, 4.69) is 15.1 Å². The molecule has 0 unspecified atom stereocenters. The van der Waals surface area contributed by atoms with Crippen molar-refractivity contribution in [3.63, 3.8) is 0 Å². The molecule has 236 valence electrons. The number of nitrogens with one attached hydrogen (secondary N) is 1.